The summed E-state index contributed by atoms with van der Waals surface area (Å²) >= 11 is 0. The third-order valence-electron chi connectivity index (χ3n) is 0.0913. The maximum Gasteiger partial charge on any atom is 0.223 e. The lowest BCUT2D eigenvalue weighted by Gasteiger charge is -1.36. The van der Waals surface area contributed by atoms with Crippen molar-refractivity contribution in [2.75, 3.05) is 0 Å². The summed E-state index contributed by atoms with van der Waals surface area (Å²) in [5, 5.41) is 0. The summed E-state index contributed by atoms with van der Waals surface area (Å²) in [4.78, 5) is 8.92. The van der Waals surface area contributed by atoms with Crippen molar-refractivity contribution < 1.29 is 4.79 Å². The third-order valence-corrected chi connectivity index (χ3v) is 0.274. The van der Waals surface area contributed by atoms with Gasteiger partial charge in [-0.05, 0) is 0 Å². The van der Waals surface area contributed by atoms with E-state index in [1.807, 2.05) is 0 Å². The maximum atomic E-state index is 8.92. The average Bonchev–Trinajstić information content (AvgIpc) is 1.37. The molecular weight excluding hydrogens is 70.1 g/mol. The van der Waals surface area contributed by atoms with E-state index in [1.54, 1.807) is 0 Å². The molecule has 0 aromatic heterocycles. The largest absolute Gasteiger partial charge is 0.260 e. The predicted octanol–water partition coefficient (Wildman–Crippen LogP) is -1.40. The highest BCUT2D eigenvalue weighted by Gasteiger charge is 1.29. The minimum absolute atomic E-state index is 0.591. The summed E-state index contributed by atoms with van der Waals surface area (Å²) in [5.41, 5.74) is 0. The maximum absolute atomic E-state index is 8.92. The fourth-order valence-electron chi connectivity index (χ4n) is 0. The van der Waals surface area contributed by atoms with Gasteiger partial charge in [-0.3, -0.25) is 4.66 Å². The Bertz CT molecular complexity index is 46.0. The van der Waals surface area contributed by atoms with Crippen LogP contribution in [0.2, 0.25) is 0 Å². The van der Waals surface area contributed by atoms with Gasteiger partial charge in [-0.25, -0.2) is 4.79 Å². The van der Waals surface area contributed by atoms with Gasteiger partial charge in [0.25, 0.3) is 0 Å². The van der Waals surface area contributed by atoms with Crippen molar-refractivity contribution in [3.63, 3.8) is 0 Å². The molecule has 0 spiro atoms. The van der Waals surface area contributed by atoms with Gasteiger partial charge in [-0.1, -0.05) is 0 Å². The second-order valence-electron chi connectivity index (χ2n) is 0.315. The summed E-state index contributed by atoms with van der Waals surface area (Å²) in [6.07, 6.45) is 1.37. The van der Waals surface area contributed by atoms with Crippen LogP contribution in [0.4, 0.5) is 0 Å². The van der Waals surface area contributed by atoms with E-state index in [1.165, 1.54) is 6.08 Å². The molecule has 0 atom stereocenters. The van der Waals surface area contributed by atoms with Gasteiger partial charge in [0.2, 0.25) is 6.08 Å². The molecule has 0 heterocycles. The Balaban J connectivity index is 3.11. The van der Waals surface area contributed by atoms with Crippen LogP contribution in [0.25, 0.3) is 0 Å². The Morgan fingerprint density at radius 2 is 2.25 bits per heavy atom. The van der Waals surface area contributed by atoms with Crippen molar-refractivity contribution >= 4 is 16.5 Å². The van der Waals surface area contributed by atoms with Gasteiger partial charge in [-0.15, -0.1) is 0 Å². The van der Waals surface area contributed by atoms with Crippen LogP contribution in [0.3, 0.4) is 0 Å². The summed E-state index contributed by atoms with van der Waals surface area (Å²) in [6.45, 7) is 0. The molecule has 22 valence electrons. The Morgan fingerprint density at radius 3 is 2.25 bits per heavy atom. The van der Waals surface area contributed by atoms with Gasteiger partial charge in [0.1, 0.15) is 0 Å². The van der Waals surface area contributed by atoms with Crippen LogP contribution in [0.5, 0.6) is 0 Å². The van der Waals surface area contributed by atoms with Crippen molar-refractivity contribution in [3.8, 4) is 0 Å². The minimum atomic E-state index is 0.591. The van der Waals surface area contributed by atoms with Crippen molar-refractivity contribution in [3.05, 3.63) is 0 Å². The molecule has 4 heavy (non-hydrogen) atoms. The second-order valence-corrected chi connectivity index (χ2v) is 0.762. The summed E-state index contributed by atoms with van der Waals surface area (Å²) in [6, 6.07) is 0. The Labute approximate surface area is 27.0 Å². The Hall–Kier alpha value is -0.403. The fraction of sp³-hybridized carbons (Fsp3) is 0. The van der Waals surface area contributed by atoms with Crippen LogP contribution in [0, 0.1) is 0 Å². The van der Waals surface area contributed by atoms with Crippen molar-refractivity contribution in [2.45, 2.75) is 0 Å². The first kappa shape index (κ1) is 3.60. The van der Waals surface area contributed by atoms with Crippen LogP contribution in [0.1, 0.15) is 0 Å². The molecule has 0 N–H and O–H groups in total. The van der Waals surface area contributed by atoms with Crippen molar-refractivity contribution in [2.24, 2.45) is 4.66 Å². The van der Waals surface area contributed by atoms with E-state index in [0.29, 0.717) is 10.4 Å². The zero-order chi connectivity index (χ0) is 3.41. The number of isocyanates is 1. The van der Waals surface area contributed by atoms with E-state index < -0.39 is 0 Å². The highest BCUT2D eigenvalue weighted by Crippen LogP contribution is 1.24. The molecule has 0 aromatic rings. The molecule has 0 unspecified atom stereocenters. The molecule has 0 radical (unpaired) electrons. The molecular formula is CH3NOSi. The Morgan fingerprint density at radius 1 is 2.00 bits per heavy atom. The highest BCUT2D eigenvalue weighted by molar-refractivity contribution is 6.07. The zero-order valence-corrected chi connectivity index (χ0v) is 4.36. The third kappa shape index (κ3) is 1.60. The van der Waals surface area contributed by atoms with Crippen LogP contribution >= 0.6 is 0 Å². The molecule has 0 fully saturated rings. The van der Waals surface area contributed by atoms with Gasteiger partial charge in [-0.2, -0.15) is 0 Å². The van der Waals surface area contributed by atoms with Crippen molar-refractivity contribution in [1.82, 2.24) is 0 Å². The van der Waals surface area contributed by atoms with Crippen LogP contribution < -0.4 is 0 Å². The molecule has 2 nitrogen and oxygen atoms in total. The van der Waals surface area contributed by atoms with Crippen LogP contribution in [0.15, 0.2) is 4.66 Å². The zero-order valence-electron chi connectivity index (χ0n) is 2.36. The van der Waals surface area contributed by atoms with E-state index in [9.17, 15) is 0 Å². The molecule has 0 saturated heterocycles. The molecule has 0 amide bonds. The van der Waals surface area contributed by atoms with E-state index >= 15 is 0 Å². The fourth-order valence-corrected chi connectivity index (χ4v) is 0. The number of nitrogens with zero attached hydrogens (tertiary/aromatic N) is 1. The first-order valence-corrected chi connectivity index (χ1v) is 1.77. The smallest absolute Gasteiger partial charge is 0.223 e. The SMILES string of the molecule is O=C=N[SiH3]. The predicted molar refractivity (Wildman–Crippen MR) is 18.1 cm³/mol. The van der Waals surface area contributed by atoms with E-state index in [0.717, 1.165) is 0 Å². The number of rotatable bonds is 0. The monoisotopic (exact) mass is 73.0 g/mol. The average molecular weight is 73.1 g/mol. The lowest BCUT2D eigenvalue weighted by molar-refractivity contribution is 0.566. The molecule has 0 saturated carbocycles. The number of carbonyl (C=O) groups excluding carboxylic acids is 1. The quantitative estimate of drug-likeness (QED) is 0.197. The second kappa shape index (κ2) is 2.60. The summed E-state index contributed by atoms with van der Waals surface area (Å²) < 4.78 is 3.07. The molecule has 0 aliphatic rings. The van der Waals surface area contributed by atoms with Gasteiger partial charge >= 0.3 is 0 Å². The summed E-state index contributed by atoms with van der Waals surface area (Å²) in [7, 11) is 0.591. The molecule has 0 aliphatic carbocycles. The first-order chi connectivity index (χ1) is 1.91. The van der Waals surface area contributed by atoms with Gasteiger partial charge < -0.3 is 0 Å². The summed E-state index contributed by atoms with van der Waals surface area (Å²) in [5.74, 6) is 0. The van der Waals surface area contributed by atoms with Gasteiger partial charge in [0, 0.05) is 0 Å². The van der Waals surface area contributed by atoms with E-state index in [-0.39, 0.29) is 0 Å². The lowest BCUT2D eigenvalue weighted by atomic mass is 11.7. The molecule has 0 aromatic carbocycles. The van der Waals surface area contributed by atoms with Gasteiger partial charge in [0.15, 0.2) is 10.4 Å². The van der Waals surface area contributed by atoms with Crippen molar-refractivity contribution in [1.29, 1.82) is 0 Å². The van der Waals surface area contributed by atoms with E-state index in [4.69, 9.17) is 4.79 Å². The first-order valence-electron chi connectivity index (χ1n) is 0.875. The topological polar surface area (TPSA) is 29.4 Å². The highest BCUT2D eigenvalue weighted by atomic mass is 28.2. The van der Waals surface area contributed by atoms with Gasteiger partial charge in [0.05, 0.1) is 0 Å². The van der Waals surface area contributed by atoms with Crippen LogP contribution in [-0.2, 0) is 4.79 Å². The molecule has 0 bridgehead atoms. The number of hydrogen-bond donors (Lipinski definition) is 0. The molecule has 3 heteroatoms. The minimum Gasteiger partial charge on any atom is -0.260 e. The van der Waals surface area contributed by atoms with Crippen LogP contribution in [-0.4, -0.2) is 16.5 Å². The standard InChI is InChI=1S/CH3NOSi/c3-1-2-4/h4H3. The number of hydrogen-bond acceptors (Lipinski definition) is 2. The Kier molecular flexibility index (Phi) is 2.34. The molecule has 0 rings (SSSR count). The molecule has 0 aliphatic heterocycles. The van der Waals surface area contributed by atoms with E-state index in [2.05, 4.69) is 4.66 Å². The normalized spacial score (nSPS) is 5.00. The lowest BCUT2D eigenvalue weighted by Crippen LogP contribution is -1.43.